The molecular weight excluding hydrogens is 367 g/mol. The number of nitrogens with zero attached hydrogens (tertiary/aromatic N) is 4. The molecule has 2 aromatic carbocycles. The highest BCUT2D eigenvalue weighted by Gasteiger charge is 2.33. The number of hydroxylamine groups is 1. The molecule has 0 aliphatic carbocycles. The lowest BCUT2D eigenvalue weighted by atomic mass is 10.00. The summed E-state index contributed by atoms with van der Waals surface area (Å²) in [6.07, 6.45) is 0. The van der Waals surface area contributed by atoms with Crippen LogP contribution < -0.4 is 0 Å². The SMILES string of the molecule is O=[N+]([O-])/C(=N\O)C1=Nc2ccc(Cl)cc2C(c2ccccc2F)=[N+]([O-])C1. The molecule has 0 saturated carbocycles. The zero-order valence-electron chi connectivity index (χ0n) is 13.0. The van der Waals surface area contributed by atoms with Crippen molar-refractivity contribution in [1.82, 2.24) is 0 Å². The van der Waals surface area contributed by atoms with Crippen molar-refractivity contribution >= 4 is 34.5 Å². The average molecular weight is 377 g/mol. The van der Waals surface area contributed by atoms with Crippen LogP contribution in [0.3, 0.4) is 0 Å². The molecule has 2 aromatic rings. The predicted octanol–water partition coefficient (Wildman–Crippen LogP) is 2.98. The van der Waals surface area contributed by atoms with Crippen molar-refractivity contribution < 1.29 is 19.3 Å². The van der Waals surface area contributed by atoms with Crippen LogP contribution in [0.25, 0.3) is 0 Å². The van der Waals surface area contributed by atoms with Gasteiger partial charge in [0.1, 0.15) is 5.82 Å². The van der Waals surface area contributed by atoms with Crippen molar-refractivity contribution in [3.63, 3.8) is 0 Å². The highest BCUT2D eigenvalue weighted by atomic mass is 35.5. The molecule has 8 nitrogen and oxygen atoms in total. The summed E-state index contributed by atoms with van der Waals surface area (Å²) in [5.41, 5.74) is -0.106. The van der Waals surface area contributed by atoms with Crippen LogP contribution in [-0.4, -0.2) is 38.7 Å². The monoisotopic (exact) mass is 376 g/mol. The van der Waals surface area contributed by atoms with Gasteiger partial charge in [0.15, 0.2) is 5.16 Å². The molecule has 0 spiro atoms. The quantitative estimate of drug-likeness (QED) is 0.165. The van der Waals surface area contributed by atoms with E-state index < -0.39 is 23.1 Å². The second-order valence-corrected chi connectivity index (χ2v) is 5.70. The van der Waals surface area contributed by atoms with Crippen LogP contribution in [0, 0.1) is 21.1 Å². The predicted molar refractivity (Wildman–Crippen MR) is 92.9 cm³/mol. The van der Waals surface area contributed by atoms with E-state index in [1.807, 2.05) is 0 Å². The molecule has 0 atom stereocenters. The smallest absolute Gasteiger partial charge is 0.437 e. The van der Waals surface area contributed by atoms with Crippen LogP contribution in [0.5, 0.6) is 0 Å². The Morgan fingerprint density at radius 1 is 1.31 bits per heavy atom. The lowest BCUT2D eigenvalue weighted by Crippen LogP contribution is -2.31. The number of hydrogen-bond donors (Lipinski definition) is 1. The first kappa shape index (κ1) is 17.5. The molecule has 3 rings (SSSR count). The summed E-state index contributed by atoms with van der Waals surface area (Å²) in [6, 6.07) is 9.93. The highest BCUT2D eigenvalue weighted by molar-refractivity contribution is 6.39. The highest BCUT2D eigenvalue weighted by Crippen LogP contribution is 2.29. The topological polar surface area (TPSA) is 114 Å². The number of halogens is 2. The number of fused-ring (bicyclic) bond motifs is 1. The molecule has 0 amide bonds. The minimum atomic E-state index is -0.971. The van der Waals surface area contributed by atoms with E-state index in [2.05, 4.69) is 10.1 Å². The first-order valence-electron chi connectivity index (χ1n) is 7.23. The summed E-state index contributed by atoms with van der Waals surface area (Å²) in [7, 11) is 0. The number of rotatable bonds is 2. The van der Waals surface area contributed by atoms with Crippen molar-refractivity contribution in [2.45, 2.75) is 0 Å². The summed E-state index contributed by atoms with van der Waals surface area (Å²) in [5.74, 6) is -1.62. The van der Waals surface area contributed by atoms with Gasteiger partial charge in [0.05, 0.1) is 16.8 Å². The van der Waals surface area contributed by atoms with Crippen LogP contribution in [0.1, 0.15) is 11.1 Å². The molecule has 1 N–H and O–H groups in total. The minimum absolute atomic E-state index is 0.00828. The molecule has 26 heavy (non-hydrogen) atoms. The largest absolute Gasteiger partial charge is 0.623 e. The second-order valence-electron chi connectivity index (χ2n) is 5.27. The maximum atomic E-state index is 14.3. The zero-order chi connectivity index (χ0) is 18.8. The number of nitro groups is 1. The van der Waals surface area contributed by atoms with Gasteiger partial charge in [-0.3, -0.25) is 0 Å². The number of amidine groups is 1. The van der Waals surface area contributed by atoms with E-state index >= 15 is 0 Å². The lowest BCUT2D eigenvalue weighted by Gasteiger charge is -2.11. The normalized spacial score (nSPS) is 14.5. The van der Waals surface area contributed by atoms with Crippen molar-refractivity contribution in [2.75, 3.05) is 6.54 Å². The van der Waals surface area contributed by atoms with Gasteiger partial charge in [0.2, 0.25) is 18.0 Å². The molecule has 1 aliphatic heterocycles. The molecule has 1 heterocycles. The third-order valence-corrected chi connectivity index (χ3v) is 3.90. The van der Waals surface area contributed by atoms with E-state index in [0.717, 1.165) is 0 Å². The molecule has 0 unspecified atom stereocenters. The molecule has 1 aliphatic rings. The van der Waals surface area contributed by atoms with Crippen LogP contribution in [0.15, 0.2) is 52.6 Å². The fourth-order valence-electron chi connectivity index (χ4n) is 2.58. The van der Waals surface area contributed by atoms with E-state index in [1.54, 1.807) is 6.07 Å². The minimum Gasteiger partial charge on any atom is -0.623 e. The van der Waals surface area contributed by atoms with E-state index in [9.17, 15) is 19.7 Å². The van der Waals surface area contributed by atoms with Gasteiger partial charge in [-0.1, -0.05) is 23.7 Å². The van der Waals surface area contributed by atoms with E-state index in [1.165, 1.54) is 36.4 Å². The van der Waals surface area contributed by atoms with E-state index in [-0.39, 0.29) is 33.3 Å². The summed E-state index contributed by atoms with van der Waals surface area (Å²) in [5, 5.41) is 35.6. The summed E-state index contributed by atoms with van der Waals surface area (Å²) in [4.78, 5) is 14.2. The maximum absolute atomic E-state index is 14.3. The van der Waals surface area contributed by atoms with Crippen LogP contribution in [0.4, 0.5) is 10.1 Å². The first-order chi connectivity index (χ1) is 12.4. The van der Waals surface area contributed by atoms with Crippen LogP contribution >= 0.6 is 11.6 Å². The molecule has 0 aromatic heterocycles. The van der Waals surface area contributed by atoms with Gasteiger partial charge in [0, 0.05) is 5.02 Å². The molecule has 0 radical (unpaired) electrons. The van der Waals surface area contributed by atoms with Gasteiger partial charge in [0.25, 0.3) is 0 Å². The summed E-state index contributed by atoms with van der Waals surface area (Å²) >= 11 is 6.00. The Hall–Kier alpha value is -3.33. The summed E-state index contributed by atoms with van der Waals surface area (Å²) < 4.78 is 14.7. The fraction of sp³-hybridized carbons (Fsp3) is 0.0625. The first-order valence-corrected chi connectivity index (χ1v) is 7.61. The Bertz CT molecular complexity index is 1000. The summed E-state index contributed by atoms with van der Waals surface area (Å²) in [6.45, 7) is -0.615. The van der Waals surface area contributed by atoms with Gasteiger partial charge in [-0.05, 0) is 35.3 Å². The van der Waals surface area contributed by atoms with Gasteiger partial charge < -0.3 is 20.5 Å². The van der Waals surface area contributed by atoms with Crippen LogP contribution in [0.2, 0.25) is 5.02 Å². The molecule has 132 valence electrons. The second kappa shape index (κ2) is 6.89. The average Bonchev–Trinajstić information content (AvgIpc) is 2.72. The maximum Gasteiger partial charge on any atom is 0.437 e. The zero-order valence-corrected chi connectivity index (χ0v) is 13.7. The Labute approximate surface area is 150 Å². The Morgan fingerprint density at radius 3 is 2.69 bits per heavy atom. The molecular formula is C16H10ClFN4O4. The van der Waals surface area contributed by atoms with Gasteiger partial charge in [-0.15, -0.1) is 0 Å². The number of oxime groups is 1. The molecule has 10 heteroatoms. The number of hydrogen-bond acceptors (Lipinski definition) is 6. The molecule has 0 saturated heterocycles. The van der Waals surface area contributed by atoms with Gasteiger partial charge >= 0.3 is 5.84 Å². The van der Waals surface area contributed by atoms with Crippen molar-refractivity contribution in [1.29, 1.82) is 0 Å². The Balaban J connectivity index is 2.31. The van der Waals surface area contributed by atoms with Gasteiger partial charge in [-0.25, -0.2) is 9.38 Å². The van der Waals surface area contributed by atoms with Crippen LogP contribution in [-0.2, 0) is 0 Å². The van der Waals surface area contributed by atoms with Crippen molar-refractivity contribution in [2.24, 2.45) is 10.1 Å². The number of aliphatic imine (C=N–C) groups is 1. The third kappa shape index (κ3) is 3.11. The van der Waals surface area contributed by atoms with Crippen molar-refractivity contribution in [3.05, 3.63) is 79.8 Å². The molecule has 0 fully saturated rings. The molecule has 0 bridgehead atoms. The van der Waals surface area contributed by atoms with E-state index in [4.69, 9.17) is 16.8 Å². The number of benzene rings is 2. The Kier molecular flexibility index (Phi) is 4.63. The Morgan fingerprint density at radius 2 is 2.04 bits per heavy atom. The van der Waals surface area contributed by atoms with E-state index in [0.29, 0.717) is 4.74 Å². The lowest BCUT2D eigenvalue weighted by molar-refractivity contribution is -0.439. The van der Waals surface area contributed by atoms with Gasteiger partial charge in [-0.2, -0.15) is 4.74 Å². The third-order valence-electron chi connectivity index (χ3n) is 3.67. The fourth-order valence-corrected chi connectivity index (χ4v) is 2.75. The standard InChI is InChI=1S/C16H10ClFN4O4/c17-9-5-6-13-11(7-9)15(10-3-1-2-4-12(10)18)21(24)8-14(19-13)16(20-23)22(25)26/h1-7,23H,8H2/b20-16-. The van der Waals surface area contributed by atoms with Crippen molar-refractivity contribution in [3.8, 4) is 0 Å².